The molecule has 0 bridgehead atoms. The SMILES string of the molecule is BrCC1CCCO1.CN.COC1CCC2(CC1)Cc1ccc(C#CC3CC3)cc1C21N=C(N)N(CC2CCCO2)C1=O.COC1CCC2(CC1)Cc1ccc(C#CC3CC3)cc1C21N=C(SCC2CCCO2)N(CC2CCCO2)C1=O.COC1CCC2(CC1)Cc1ccc(C#CC3CC3)cc1C21NC(=S)NC1=O. The Balaban J connectivity index is 0.000000124. The van der Waals surface area contributed by atoms with Gasteiger partial charge >= 0.3 is 0 Å². The fraction of sp³-hybridized carbons (Fsp3) is 0.655. The maximum Gasteiger partial charge on any atom is 0.262 e. The van der Waals surface area contributed by atoms with Crippen LogP contribution in [-0.2, 0) is 83.4 Å². The quantitative estimate of drug-likeness (QED) is 0.0842. The summed E-state index contributed by atoms with van der Waals surface area (Å²) in [4.78, 5) is 56.8. The number of ether oxygens (including phenoxy) is 7. The number of thiocarbonyl (C=S) groups is 1. The number of amidine groups is 1. The zero-order chi connectivity index (χ0) is 74.8. The lowest BCUT2D eigenvalue weighted by molar-refractivity contribution is -0.140. The molecule has 7 aliphatic heterocycles. The summed E-state index contributed by atoms with van der Waals surface area (Å²) in [6.45, 7) is 4.41. The van der Waals surface area contributed by atoms with E-state index >= 15 is 0 Å². The van der Waals surface area contributed by atoms with Crippen molar-refractivity contribution in [2.24, 2.45) is 55.5 Å². The molecule has 7 atom stereocenters. The number of aliphatic imine (C=N–C) groups is 2. The lowest BCUT2D eigenvalue weighted by Crippen LogP contribution is -2.56. The van der Waals surface area contributed by atoms with Crippen LogP contribution < -0.4 is 22.1 Å². The van der Waals surface area contributed by atoms with Crippen molar-refractivity contribution in [3.05, 3.63) is 105 Å². The molecule has 0 aromatic heterocycles. The Morgan fingerprint density at radius 2 is 0.917 bits per heavy atom. The number of nitrogens with two attached hydrogens (primary N) is 2. The number of carbonyl (C=O) groups is 3. The van der Waals surface area contributed by atoms with E-state index in [1.807, 2.05) is 12.0 Å². The number of thioether (sulfide) groups is 1. The number of carbonyl (C=O) groups excluding carboxylic acids is 3. The summed E-state index contributed by atoms with van der Waals surface area (Å²) < 4.78 is 40.1. The lowest BCUT2D eigenvalue weighted by atomic mass is 9.61. The monoisotopic (exact) mass is 1570 g/mol. The number of halogens is 1. The van der Waals surface area contributed by atoms with Crippen LogP contribution in [0.2, 0.25) is 0 Å². The number of guanidine groups is 1. The van der Waals surface area contributed by atoms with Gasteiger partial charge in [-0.2, -0.15) is 0 Å². The second-order valence-corrected chi connectivity index (χ2v) is 35.2. The molecule has 3 aromatic rings. The van der Waals surface area contributed by atoms with Gasteiger partial charge in [-0.1, -0.05) is 81.4 Å². The van der Waals surface area contributed by atoms with Gasteiger partial charge < -0.3 is 55.3 Å². The largest absolute Gasteiger partial charge is 0.381 e. The molecule has 7 unspecified atom stereocenters. The van der Waals surface area contributed by atoms with Gasteiger partial charge in [0.25, 0.3) is 17.7 Å². The number of rotatable bonds is 10. The van der Waals surface area contributed by atoms with Crippen molar-refractivity contribution in [3.63, 3.8) is 0 Å². The van der Waals surface area contributed by atoms with Crippen molar-refractivity contribution in [2.45, 2.75) is 246 Å². The van der Waals surface area contributed by atoms with Gasteiger partial charge in [-0.3, -0.25) is 24.2 Å². The van der Waals surface area contributed by atoms with Crippen molar-refractivity contribution in [2.75, 3.05) is 79.0 Å². The first-order chi connectivity index (χ1) is 52.6. The Hall–Kier alpha value is -5.71. The Bertz CT molecular complexity index is 4100. The summed E-state index contributed by atoms with van der Waals surface area (Å²) in [5, 5.41) is 8.61. The summed E-state index contributed by atoms with van der Waals surface area (Å²) >= 11 is 10.4. The lowest BCUT2D eigenvalue weighted by Gasteiger charge is -2.46. The van der Waals surface area contributed by atoms with Gasteiger partial charge in [0.1, 0.15) is 0 Å². The molecule has 6 spiro atoms. The van der Waals surface area contributed by atoms with E-state index in [9.17, 15) is 14.4 Å². The molecule has 7 heterocycles. The second kappa shape index (κ2) is 33.2. The van der Waals surface area contributed by atoms with Gasteiger partial charge in [0.15, 0.2) is 32.9 Å². The number of methoxy groups -OCH3 is 3. The van der Waals surface area contributed by atoms with Gasteiger partial charge in [0, 0.05) is 110 Å². The molecule has 9 aliphatic carbocycles. The molecular weight excluding hydrogens is 1460 g/mol. The molecule has 6 N–H and O–H groups in total. The van der Waals surface area contributed by atoms with E-state index in [0.717, 1.165) is 211 Å². The van der Waals surface area contributed by atoms with Crippen molar-refractivity contribution in [3.8, 4) is 35.5 Å². The smallest absolute Gasteiger partial charge is 0.262 e. The number of hydrogen-bond acceptors (Lipinski definition) is 16. The van der Waals surface area contributed by atoms with Crippen molar-refractivity contribution in [1.29, 1.82) is 0 Å². The minimum absolute atomic E-state index is 0.00517. The molecule has 5 saturated heterocycles. The average Bonchev–Trinajstić information content (AvgIpc) is 1.54. The zero-order valence-corrected chi connectivity index (χ0v) is 67.1. The molecule has 108 heavy (non-hydrogen) atoms. The minimum Gasteiger partial charge on any atom is -0.381 e. The Kier molecular flexibility index (Phi) is 23.8. The first-order valence-corrected chi connectivity index (χ1v) is 43.1. The first-order valence-electron chi connectivity index (χ1n) is 40.6. The molecule has 21 heteroatoms. The van der Waals surface area contributed by atoms with Gasteiger partial charge in [-0.05, 0) is 275 Å². The molecule has 16 aliphatic rings. The van der Waals surface area contributed by atoms with Crippen LogP contribution in [0.5, 0.6) is 0 Å². The number of nitrogens with zero attached hydrogens (tertiary/aromatic N) is 4. The van der Waals surface area contributed by atoms with Crippen molar-refractivity contribution < 1.29 is 47.5 Å². The van der Waals surface area contributed by atoms with Crippen LogP contribution in [0.3, 0.4) is 0 Å². The predicted molar refractivity (Wildman–Crippen MR) is 428 cm³/mol. The summed E-state index contributed by atoms with van der Waals surface area (Å²) in [5.41, 5.74) is 17.6. The Morgan fingerprint density at radius 1 is 0.528 bits per heavy atom. The molecule has 19 rings (SSSR count). The highest BCUT2D eigenvalue weighted by Crippen LogP contribution is 2.65. The number of alkyl halides is 1. The van der Waals surface area contributed by atoms with E-state index < -0.39 is 16.6 Å². The van der Waals surface area contributed by atoms with Crippen LogP contribution in [0.4, 0.5) is 0 Å². The van der Waals surface area contributed by atoms with E-state index in [0.29, 0.717) is 48.0 Å². The van der Waals surface area contributed by atoms with E-state index in [1.54, 1.807) is 30.9 Å². The highest BCUT2D eigenvalue weighted by atomic mass is 79.9. The third-order valence-electron chi connectivity index (χ3n) is 26.6. The van der Waals surface area contributed by atoms with E-state index in [1.165, 1.54) is 75.1 Å². The highest BCUT2D eigenvalue weighted by molar-refractivity contribution is 9.09. The number of nitrogens with one attached hydrogen (secondary N) is 2. The van der Waals surface area contributed by atoms with E-state index in [4.69, 9.17) is 61.1 Å². The van der Waals surface area contributed by atoms with Crippen molar-refractivity contribution >= 4 is 73.9 Å². The Morgan fingerprint density at radius 3 is 1.31 bits per heavy atom. The molecule has 6 saturated carbocycles. The summed E-state index contributed by atoms with van der Waals surface area (Å²) in [6, 6.07) is 19.4. The summed E-state index contributed by atoms with van der Waals surface area (Å²) in [5.74, 6) is 23.2. The van der Waals surface area contributed by atoms with Crippen LogP contribution in [0.1, 0.15) is 217 Å². The van der Waals surface area contributed by atoms with Gasteiger partial charge in [0.2, 0.25) is 0 Å². The fourth-order valence-electron chi connectivity index (χ4n) is 20.1. The minimum atomic E-state index is -0.957. The first kappa shape index (κ1) is 77.6. The number of hydrogen-bond donors (Lipinski definition) is 4. The van der Waals surface area contributed by atoms with Crippen LogP contribution in [0.25, 0.3) is 0 Å². The fourth-order valence-corrected chi connectivity index (χ4v) is 22.0. The average molecular weight is 1570 g/mol. The van der Waals surface area contributed by atoms with Crippen molar-refractivity contribution in [1.82, 2.24) is 20.4 Å². The molecule has 3 amide bonds. The maximum absolute atomic E-state index is 14.9. The number of amides is 3. The van der Waals surface area contributed by atoms with E-state index in [2.05, 4.69) is 122 Å². The molecule has 11 fully saturated rings. The standard InChI is InChI=1S/C32H40N2O4S.C27H33N3O3.C22H24N2O2S.C5H9BrO.CH5N/c1-36-25-12-14-31(15-13-25)19-24-11-10-23(9-8-22-6-7-22)18-28(24)32(31)29(35)34(20-26-4-2-16-37-26)30(33-32)39-21-27-5-3-17-38-27;1-32-21-10-12-26(13-11-21)16-20-9-8-19(7-6-18-4-5-18)15-23(20)27(26)24(31)30(25(28)29-27)17-22-3-2-14-33-22;1-26-17-8-10-21(11-9-17)13-16-7-6-15(5-4-14-2-3-14)12-18(16)22(21)19(25)23-20(27)24-22;6-4-5-2-1-3-7-5;1-2/h10-11,18,22,25-27H,2-7,12-17,19-21H2,1H3;8-9,15,18,21-22H,2-5,10-14,16-17H2,1H3,(H2,28,29);6-7,12,14,17H,2-3,8-11,13H2,1H3,(H2,23,24,25,27);5H,1-4H2;2H2,1H3. The zero-order valence-electron chi connectivity index (χ0n) is 63.9. The molecule has 3 aromatic carbocycles. The summed E-state index contributed by atoms with van der Waals surface area (Å²) in [6.07, 6.45) is 31.6. The van der Waals surface area contributed by atoms with E-state index in [-0.39, 0.29) is 70.6 Å². The van der Waals surface area contributed by atoms with Crippen LogP contribution >= 0.6 is 39.9 Å². The van der Waals surface area contributed by atoms with Gasteiger partial charge in [0.05, 0.1) is 55.8 Å². The van der Waals surface area contributed by atoms with Crippen LogP contribution in [-0.4, -0.2) is 165 Å². The topological polar surface area (TPSA) is 223 Å². The third kappa shape index (κ3) is 15.2. The molecular formula is C87H111BrN8O10S2. The normalized spacial score (nSPS) is 34.2. The summed E-state index contributed by atoms with van der Waals surface area (Å²) in [7, 11) is 6.88. The second-order valence-electron chi connectivity index (χ2n) is 33.2. The molecule has 18 nitrogen and oxygen atoms in total. The highest BCUT2D eigenvalue weighted by Gasteiger charge is 2.70. The number of benzene rings is 3. The molecule has 0 radical (unpaired) electrons. The molecule has 578 valence electrons. The van der Waals surface area contributed by atoms with Gasteiger partial charge in [-0.25, -0.2) is 9.98 Å². The van der Waals surface area contributed by atoms with Gasteiger partial charge in [-0.15, -0.1) is 0 Å². The maximum atomic E-state index is 14.9. The predicted octanol–water partition coefficient (Wildman–Crippen LogP) is 12.1. The van der Waals surface area contributed by atoms with Crippen LogP contribution in [0, 0.1) is 69.5 Å². The van der Waals surface area contributed by atoms with Crippen LogP contribution in [0.15, 0.2) is 64.6 Å². The number of fused-ring (bicyclic) bond motifs is 9. The third-order valence-corrected chi connectivity index (χ3v) is 28.6. The Labute approximate surface area is 657 Å².